The van der Waals surface area contributed by atoms with Crippen molar-refractivity contribution in [1.29, 1.82) is 0 Å². The first-order chi connectivity index (χ1) is 12.4. The Morgan fingerprint density at radius 3 is 2.72 bits per heavy atom. The molecule has 1 fully saturated rings. The lowest BCUT2D eigenvalue weighted by atomic mass is 9.71. The van der Waals surface area contributed by atoms with Crippen LogP contribution in [0.4, 0.5) is 0 Å². The quantitative estimate of drug-likeness (QED) is 0.535. The summed E-state index contributed by atoms with van der Waals surface area (Å²) in [6, 6.07) is 23.3. The van der Waals surface area contributed by atoms with Gasteiger partial charge in [0.15, 0.2) is 11.4 Å². The van der Waals surface area contributed by atoms with Gasteiger partial charge in [0.05, 0.1) is 12.3 Å². The zero-order chi connectivity index (χ0) is 16.2. The summed E-state index contributed by atoms with van der Waals surface area (Å²) in [5.41, 5.74) is 10.9. The molecule has 2 aliphatic carbocycles. The fraction of sp³-hybridized carbons (Fsp3) is 0.292. The van der Waals surface area contributed by atoms with Crippen molar-refractivity contribution in [2.75, 3.05) is 0 Å². The van der Waals surface area contributed by atoms with Gasteiger partial charge in [-0.15, -0.1) is 0 Å². The van der Waals surface area contributed by atoms with Crippen molar-refractivity contribution >= 4 is 0 Å². The minimum atomic E-state index is 0.0634. The molecule has 0 amide bonds. The molecular weight excluding hydrogens is 302 g/mol. The smallest absolute Gasteiger partial charge is 0.185 e. The van der Waals surface area contributed by atoms with Gasteiger partial charge in [0.1, 0.15) is 0 Å². The van der Waals surface area contributed by atoms with E-state index < -0.39 is 0 Å². The van der Waals surface area contributed by atoms with Gasteiger partial charge < -0.3 is 0 Å². The van der Waals surface area contributed by atoms with Crippen molar-refractivity contribution in [1.82, 2.24) is 0 Å². The van der Waals surface area contributed by atoms with Crippen LogP contribution in [-0.2, 0) is 12.0 Å². The predicted octanol–water partition coefficient (Wildman–Crippen LogP) is 4.55. The molecular formula is C24H20N+. The summed E-state index contributed by atoms with van der Waals surface area (Å²) in [6.45, 7) is 0. The summed E-state index contributed by atoms with van der Waals surface area (Å²) in [4.78, 5) is 0. The van der Waals surface area contributed by atoms with Crippen LogP contribution >= 0.6 is 0 Å². The Balaban J connectivity index is 1.74. The molecule has 25 heavy (non-hydrogen) atoms. The standard InChI is InChI=1S/C24H20N/c1-2-11-20-17(8-1)18-9-3-6-15-14-16-7-4-13-22-19-10-5-12-21(19)24(20,23(15)18)25(16)22/h1-4,6-9,11,13,19,21H,5,10,12,14H2/q+1. The van der Waals surface area contributed by atoms with Crippen molar-refractivity contribution < 1.29 is 4.57 Å². The average Bonchev–Trinajstić information content (AvgIpc) is 3.31. The van der Waals surface area contributed by atoms with Crippen LogP contribution in [0.15, 0.2) is 60.7 Å². The lowest BCUT2D eigenvalue weighted by Crippen LogP contribution is -2.62. The third kappa shape index (κ3) is 1.21. The van der Waals surface area contributed by atoms with Crippen LogP contribution in [0.5, 0.6) is 0 Å². The van der Waals surface area contributed by atoms with E-state index in [0.717, 1.165) is 18.3 Å². The molecule has 0 saturated heterocycles. The number of fused-ring (bicyclic) bond motifs is 4. The third-order valence-electron chi connectivity index (χ3n) is 7.42. The number of benzene rings is 2. The monoisotopic (exact) mass is 322 g/mol. The second-order valence-corrected chi connectivity index (χ2v) is 8.25. The molecule has 2 aromatic carbocycles. The van der Waals surface area contributed by atoms with E-state index in [-0.39, 0.29) is 5.54 Å². The van der Waals surface area contributed by atoms with Crippen LogP contribution in [0.2, 0.25) is 0 Å². The number of hydrogen-bond donors (Lipinski definition) is 0. The van der Waals surface area contributed by atoms with Gasteiger partial charge >= 0.3 is 0 Å². The van der Waals surface area contributed by atoms with Crippen molar-refractivity contribution in [2.45, 2.75) is 37.1 Å². The van der Waals surface area contributed by atoms with Gasteiger partial charge in [0.25, 0.3) is 0 Å². The van der Waals surface area contributed by atoms with Crippen LogP contribution in [0.25, 0.3) is 11.1 Å². The fourth-order valence-electron chi connectivity index (χ4n) is 6.83. The average molecular weight is 322 g/mol. The van der Waals surface area contributed by atoms with Crippen molar-refractivity contribution in [3.05, 3.63) is 88.7 Å². The highest BCUT2D eigenvalue weighted by Gasteiger charge is 2.68. The predicted molar refractivity (Wildman–Crippen MR) is 97.6 cm³/mol. The summed E-state index contributed by atoms with van der Waals surface area (Å²) in [6.07, 6.45) is 5.16. The van der Waals surface area contributed by atoms with E-state index in [1.54, 1.807) is 22.4 Å². The lowest BCUT2D eigenvalue weighted by molar-refractivity contribution is -0.750. The minimum absolute atomic E-state index is 0.0634. The zero-order valence-electron chi connectivity index (χ0n) is 14.2. The van der Waals surface area contributed by atoms with E-state index in [1.165, 1.54) is 36.1 Å². The van der Waals surface area contributed by atoms with Gasteiger partial charge in [0.2, 0.25) is 5.54 Å². The third-order valence-corrected chi connectivity index (χ3v) is 7.42. The maximum Gasteiger partial charge on any atom is 0.224 e. The Hall–Kier alpha value is -2.41. The van der Waals surface area contributed by atoms with Gasteiger partial charge in [-0.2, -0.15) is 4.57 Å². The molecule has 1 nitrogen and oxygen atoms in total. The fourth-order valence-corrected chi connectivity index (χ4v) is 6.83. The summed E-state index contributed by atoms with van der Waals surface area (Å²) >= 11 is 0. The maximum absolute atomic E-state index is 2.78. The summed E-state index contributed by atoms with van der Waals surface area (Å²) < 4.78 is 2.78. The molecule has 0 bridgehead atoms. The molecule has 2 aliphatic heterocycles. The second-order valence-electron chi connectivity index (χ2n) is 8.25. The summed E-state index contributed by atoms with van der Waals surface area (Å²) in [7, 11) is 0. The molecule has 4 aliphatic rings. The Bertz CT molecular complexity index is 1080. The highest BCUT2D eigenvalue weighted by atomic mass is 15.1. The first-order valence-electron chi connectivity index (χ1n) is 9.67. The van der Waals surface area contributed by atoms with E-state index in [4.69, 9.17) is 0 Å². The van der Waals surface area contributed by atoms with Gasteiger partial charge in [-0.1, -0.05) is 48.9 Å². The Morgan fingerprint density at radius 1 is 0.840 bits per heavy atom. The molecule has 7 rings (SSSR count). The molecule has 0 N–H and O–H groups in total. The molecule has 1 aromatic heterocycles. The van der Waals surface area contributed by atoms with Gasteiger partial charge in [-0.25, -0.2) is 0 Å². The molecule has 1 heteroatoms. The molecule has 3 unspecified atom stereocenters. The molecule has 3 aromatic rings. The molecule has 120 valence electrons. The minimum Gasteiger partial charge on any atom is -0.185 e. The van der Waals surface area contributed by atoms with Gasteiger partial charge in [0, 0.05) is 29.2 Å². The Morgan fingerprint density at radius 2 is 1.72 bits per heavy atom. The number of rotatable bonds is 0. The normalized spacial score (nSPS) is 29.1. The number of aromatic nitrogens is 1. The maximum atomic E-state index is 2.78. The van der Waals surface area contributed by atoms with E-state index >= 15 is 0 Å². The molecule has 1 saturated carbocycles. The van der Waals surface area contributed by atoms with E-state index in [0.29, 0.717) is 0 Å². The second kappa shape index (κ2) is 4.04. The van der Waals surface area contributed by atoms with Crippen LogP contribution in [-0.4, -0.2) is 0 Å². The van der Waals surface area contributed by atoms with Crippen molar-refractivity contribution in [3.63, 3.8) is 0 Å². The Labute approximate surface area is 148 Å². The van der Waals surface area contributed by atoms with Crippen LogP contribution in [0.1, 0.15) is 53.3 Å². The zero-order valence-corrected chi connectivity index (χ0v) is 14.2. The first-order valence-corrected chi connectivity index (χ1v) is 9.67. The largest absolute Gasteiger partial charge is 0.224 e. The van der Waals surface area contributed by atoms with Crippen molar-refractivity contribution in [3.8, 4) is 11.1 Å². The first kappa shape index (κ1) is 12.9. The SMILES string of the molecule is c1ccc2c(c1)-c1cccc3c1C21C2CCCC2c2cccc([n+]21)C3. The highest BCUT2D eigenvalue weighted by Crippen LogP contribution is 2.63. The number of hydrogen-bond acceptors (Lipinski definition) is 0. The van der Waals surface area contributed by atoms with Gasteiger partial charge in [-0.05, 0) is 35.6 Å². The molecule has 1 spiro atoms. The summed E-state index contributed by atoms with van der Waals surface area (Å²) in [5.74, 6) is 1.45. The molecule has 0 radical (unpaired) electrons. The van der Waals surface area contributed by atoms with E-state index in [2.05, 4.69) is 65.2 Å². The molecule has 3 atom stereocenters. The van der Waals surface area contributed by atoms with E-state index in [1.807, 2.05) is 0 Å². The highest BCUT2D eigenvalue weighted by molar-refractivity contribution is 5.82. The van der Waals surface area contributed by atoms with Crippen LogP contribution in [0, 0.1) is 5.92 Å². The topological polar surface area (TPSA) is 3.88 Å². The molecule has 3 heterocycles. The number of pyridine rings is 1. The summed E-state index contributed by atoms with van der Waals surface area (Å²) in [5, 5.41) is 0. The van der Waals surface area contributed by atoms with Gasteiger partial charge in [-0.3, -0.25) is 0 Å². The lowest BCUT2D eigenvalue weighted by Gasteiger charge is -2.33. The Kier molecular flexibility index (Phi) is 2.08. The van der Waals surface area contributed by atoms with E-state index in [9.17, 15) is 0 Å². The number of nitrogens with zero attached hydrogens (tertiary/aromatic N) is 1. The van der Waals surface area contributed by atoms with Crippen LogP contribution in [0.3, 0.4) is 0 Å². The van der Waals surface area contributed by atoms with Crippen LogP contribution < -0.4 is 4.57 Å². The van der Waals surface area contributed by atoms with Crippen molar-refractivity contribution in [2.24, 2.45) is 5.92 Å².